The maximum atomic E-state index is 13.3. The topological polar surface area (TPSA) is 68.3 Å². The summed E-state index contributed by atoms with van der Waals surface area (Å²) in [6.07, 6.45) is 11.6. The fourth-order valence-electron chi connectivity index (χ4n) is 5.23. The van der Waals surface area contributed by atoms with E-state index in [1.807, 2.05) is 36.4 Å². The van der Waals surface area contributed by atoms with Crippen LogP contribution in [0.2, 0.25) is 0 Å². The Morgan fingerprint density at radius 2 is 1.33 bits per heavy atom. The number of hydrogen-bond acceptors (Lipinski definition) is 5. The molecule has 1 aliphatic heterocycles. The van der Waals surface area contributed by atoms with Gasteiger partial charge in [-0.25, -0.2) is 0 Å². The Morgan fingerprint density at radius 1 is 0.769 bits per heavy atom. The van der Waals surface area contributed by atoms with Crippen LogP contribution in [0.3, 0.4) is 0 Å². The van der Waals surface area contributed by atoms with Crippen LogP contribution in [0, 0.1) is 0 Å². The van der Waals surface area contributed by atoms with Gasteiger partial charge in [-0.05, 0) is 35.2 Å². The molecule has 1 heterocycles. The van der Waals surface area contributed by atoms with Crippen molar-refractivity contribution in [2.45, 2.75) is 77.2 Å². The van der Waals surface area contributed by atoms with E-state index in [4.69, 9.17) is 14.2 Å². The van der Waals surface area contributed by atoms with Crippen LogP contribution < -0.4 is 14.2 Å². The number of ether oxygens (including phenoxy) is 3. The molecule has 39 heavy (non-hydrogen) atoms. The number of methoxy groups -OCH3 is 3. The first-order chi connectivity index (χ1) is 18.9. The number of piperazine rings is 1. The van der Waals surface area contributed by atoms with E-state index in [1.165, 1.54) is 44.9 Å². The highest BCUT2D eigenvalue weighted by molar-refractivity contribution is 5.95. The average Bonchev–Trinajstić information content (AvgIpc) is 2.96. The van der Waals surface area contributed by atoms with Crippen LogP contribution in [0.5, 0.6) is 17.2 Å². The second-order valence-corrected chi connectivity index (χ2v) is 10.4. The predicted molar refractivity (Wildman–Crippen MR) is 156 cm³/mol. The van der Waals surface area contributed by atoms with Gasteiger partial charge in [0.25, 0.3) is 0 Å². The van der Waals surface area contributed by atoms with Crippen LogP contribution in [-0.4, -0.2) is 69.1 Å². The highest BCUT2D eigenvalue weighted by atomic mass is 16.5. The van der Waals surface area contributed by atoms with Crippen molar-refractivity contribution in [2.75, 3.05) is 41.5 Å². The van der Waals surface area contributed by atoms with Crippen molar-refractivity contribution in [3.05, 3.63) is 42.0 Å². The van der Waals surface area contributed by atoms with E-state index in [0.29, 0.717) is 30.2 Å². The number of benzene rings is 2. The number of nitrogens with zero attached hydrogens (tertiary/aromatic N) is 2. The van der Waals surface area contributed by atoms with Crippen LogP contribution in [0.4, 0.5) is 0 Å². The number of hydrogen-bond donors (Lipinski definition) is 0. The third kappa shape index (κ3) is 8.13. The monoisotopic (exact) mass is 538 g/mol. The van der Waals surface area contributed by atoms with E-state index in [-0.39, 0.29) is 18.4 Å². The molecule has 1 fully saturated rings. The van der Waals surface area contributed by atoms with Crippen molar-refractivity contribution in [1.29, 1.82) is 0 Å². The first-order valence-corrected chi connectivity index (χ1v) is 14.4. The van der Waals surface area contributed by atoms with Crippen LogP contribution >= 0.6 is 0 Å². The zero-order chi connectivity index (χ0) is 28.2. The summed E-state index contributed by atoms with van der Waals surface area (Å²) in [5, 5.41) is 0. The Balaban J connectivity index is 1.58. The lowest BCUT2D eigenvalue weighted by molar-refractivity contribution is -0.154. The summed E-state index contributed by atoms with van der Waals surface area (Å²) >= 11 is 0. The fraction of sp³-hybridized carbons (Fsp3) is 0.562. The molecule has 0 unspecified atom stereocenters. The zero-order valence-corrected chi connectivity index (χ0v) is 24.5. The second-order valence-electron chi connectivity index (χ2n) is 10.4. The third-order valence-electron chi connectivity index (χ3n) is 7.70. The van der Waals surface area contributed by atoms with E-state index in [2.05, 4.69) is 6.92 Å². The van der Waals surface area contributed by atoms with Crippen molar-refractivity contribution in [3.8, 4) is 28.4 Å². The summed E-state index contributed by atoms with van der Waals surface area (Å²) < 4.78 is 16.4. The number of carbonyl (C=O) groups excluding carboxylic acids is 2. The number of amides is 2. The molecule has 0 aromatic heterocycles. The molecule has 3 rings (SSSR count). The summed E-state index contributed by atoms with van der Waals surface area (Å²) in [5.74, 6) is 1.79. The smallest absolute Gasteiger partial charge is 0.246 e. The van der Waals surface area contributed by atoms with Gasteiger partial charge in [-0.3, -0.25) is 9.59 Å². The standard InChI is InChI=1S/C32H46N2O5/c1-6-7-8-9-10-11-12-13-14-19-34-23-30(35)33(2)27(32(34)36)20-24-15-17-25(18-16-24)26-21-28(37-3)31(39-5)29(22-26)38-4/h15-18,21-22,27H,6-14,19-20,23H2,1-5H3/t27-/m0/s1. The van der Waals surface area contributed by atoms with Gasteiger partial charge in [-0.1, -0.05) is 82.6 Å². The Kier molecular flexibility index (Phi) is 12.0. The Morgan fingerprint density at radius 3 is 1.87 bits per heavy atom. The lowest BCUT2D eigenvalue weighted by Crippen LogP contribution is -2.59. The summed E-state index contributed by atoms with van der Waals surface area (Å²) in [6.45, 7) is 3.08. The average molecular weight is 539 g/mol. The lowest BCUT2D eigenvalue weighted by atomic mass is 9.98. The van der Waals surface area contributed by atoms with Gasteiger partial charge in [0, 0.05) is 20.0 Å². The minimum Gasteiger partial charge on any atom is -0.493 e. The minimum absolute atomic E-state index is 0.00423. The third-order valence-corrected chi connectivity index (χ3v) is 7.70. The van der Waals surface area contributed by atoms with E-state index in [1.54, 1.807) is 38.2 Å². The highest BCUT2D eigenvalue weighted by Gasteiger charge is 2.36. The number of carbonyl (C=O) groups is 2. The van der Waals surface area contributed by atoms with Gasteiger partial charge in [-0.2, -0.15) is 0 Å². The molecule has 2 amide bonds. The lowest BCUT2D eigenvalue weighted by Gasteiger charge is -2.38. The summed E-state index contributed by atoms with van der Waals surface area (Å²) in [7, 11) is 6.52. The van der Waals surface area contributed by atoms with E-state index in [0.717, 1.165) is 29.5 Å². The molecule has 0 bridgehead atoms. The molecule has 1 aliphatic rings. The molecule has 0 spiro atoms. The van der Waals surface area contributed by atoms with E-state index in [9.17, 15) is 9.59 Å². The molecule has 7 nitrogen and oxygen atoms in total. The van der Waals surface area contributed by atoms with Crippen molar-refractivity contribution in [1.82, 2.24) is 9.80 Å². The van der Waals surface area contributed by atoms with Crippen LogP contribution in [-0.2, 0) is 16.0 Å². The van der Waals surface area contributed by atoms with Crippen LogP contribution in [0.25, 0.3) is 11.1 Å². The second kappa shape index (κ2) is 15.4. The van der Waals surface area contributed by atoms with Gasteiger partial charge in [0.2, 0.25) is 17.6 Å². The van der Waals surface area contributed by atoms with Crippen molar-refractivity contribution >= 4 is 11.8 Å². The Bertz CT molecular complexity index is 1040. The molecule has 1 saturated heterocycles. The largest absolute Gasteiger partial charge is 0.493 e. The molecule has 2 aromatic rings. The summed E-state index contributed by atoms with van der Waals surface area (Å²) in [4.78, 5) is 29.4. The molecule has 0 N–H and O–H groups in total. The first-order valence-electron chi connectivity index (χ1n) is 14.4. The number of unbranched alkanes of at least 4 members (excludes halogenated alkanes) is 8. The first kappa shape index (κ1) is 30.3. The van der Waals surface area contributed by atoms with Crippen LogP contribution in [0.1, 0.15) is 70.3 Å². The molecule has 2 aromatic carbocycles. The number of rotatable bonds is 16. The normalized spacial score (nSPS) is 15.6. The fourth-order valence-corrected chi connectivity index (χ4v) is 5.23. The quantitative estimate of drug-likeness (QED) is 0.241. The molecular formula is C32H46N2O5. The van der Waals surface area contributed by atoms with Gasteiger partial charge >= 0.3 is 0 Å². The molecule has 0 saturated carbocycles. The van der Waals surface area contributed by atoms with Crippen LogP contribution in [0.15, 0.2) is 36.4 Å². The predicted octanol–water partition coefficient (Wildman–Crippen LogP) is 6.12. The van der Waals surface area contributed by atoms with Gasteiger partial charge in [0.15, 0.2) is 11.5 Å². The van der Waals surface area contributed by atoms with Gasteiger partial charge in [-0.15, -0.1) is 0 Å². The molecule has 214 valence electrons. The van der Waals surface area contributed by atoms with Crippen molar-refractivity contribution < 1.29 is 23.8 Å². The molecular weight excluding hydrogens is 492 g/mol. The van der Waals surface area contributed by atoms with Gasteiger partial charge < -0.3 is 24.0 Å². The maximum Gasteiger partial charge on any atom is 0.246 e. The van der Waals surface area contributed by atoms with Gasteiger partial charge in [0.05, 0.1) is 27.9 Å². The summed E-state index contributed by atoms with van der Waals surface area (Å²) in [6, 6.07) is 11.4. The number of likely N-dealkylation sites (N-methyl/N-ethyl adjacent to an activating group) is 1. The Labute approximate surface area is 234 Å². The molecule has 0 aliphatic carbocycles. The van der Waals surface area contributed by atoms with Crippen molar-refractivity contribution in [2.24, 2.45) is 0 Å². The molecule has 1 atom stereocenters. The minimum atomic E-state index is -0.475. The SMILES string of the molecule is CCCCCCCCCCCN1CC(=O)N(C)[C@@H](Cc2ccc(-c3cc(OC)c(OC)c(OC)c3)cc2)C1=O. The van der Waals surface area contributed by atoms with Gasteiger partial charge in [0.1, 0.15) is 6.04 Å². The Hall–Kier alpha value is -3.22. The molecule has 0 radical (unpaired) electrons. The van der Waals surface area contributed by atoms with Crippen molar-refractivity contribution in [3.63, 3.8) is 0 Å². The van der Waals surface area contributed by atoms with E-state index < -0.39 is 6.04 Å². The summed E-state index contributed by atoms with van der Waals surface area (Å²) in [5.41, 5.74) is 2.93. The molecule has 7 heteroatoms. The van der Waals surface area contributed by atoms with E-state index >= 15 is 0 Å². The zero-order valence-electron chi connectivity index (χ0n) is 24.5. The highest BCUT2D eigenvalue weighted by Crippen LogP contribution is 2.41. The maximum absolute atomic E-state index is 13.3.